The molecule has 3 rings (SSSR count). The molecular formula is C17H8F6N2O2. The first-order valence-corrected chi connectivity index (χ1v) is 7.27. The molecule has 4 nitrogen and oxygen atoms in total. The van der Waals surface area contributed by atoms with Gasteiger partial charge in [-0.3, -0.25) is 4.57 Å². The molecule has 10 heteroatoms. The van der Waals surface area contributed by atoms with Crippen molar-refractivity contribution < 1.29 is 35.9 Å². The maximum atomic E-state index is 13.6. The van der Waals surface area contributed by atoms with Crippen molar-refractivity contribution in [1.29, 1.82) is 0 Å². The van der Waals surface area contributed by atoms with Crippen LogP contribution < -0.4 is 0 Å². The number of hydrogen-bond donors (Lipinski definition) is 0. The lowest BCUT2D eigenvalue weighted by Gasteiger charge is -2.10. The molecule has 0 aliphatic heterocycles. The van der Waals surface area contributed by atoms with E-state index in [4.69, 9.17) is 0 Å². The summed E-state index contributed by atoms with van der Waals surface area (Å²) in [6.07, 6.45) is 2.26. The molecule has 140 valence electrons. The van der Waals surface area contributed by atoms with Crippen LogP contribution in [0.4, 0.5) is 26.3 Å². The third-order valence-electron chi connectivity index (χ3n) is 3.60. The smallest absolute Gasteiger partial charge is 0.357 e. The molecule has 0 aliphatic carbocycles. The molecule has 0 unspecified atom stereocenters. The molecule has 0 saturated carbocycles. The number of rotatable bonds is 4. The molecule has 0 amide bonds. The largest absolute Gasteiger partial charge is 0.456 e. The summed E-state index contributed by atoms with van der Waals surface area (Å²) in [5, 5.41) is 0. The number of aromatic nitrogens is 2. The number of halogens is 6. The molecule has 0 fully saturated rings. The van der Waals surface area contributed by atoms with Crippen LogP contribution in [0.3, 0.4) is 0 Å². The highest BCUT2D eigenvalue weighted by Crippen LogP contribution is 2.24. The van der Waals surface area contributed by atoms with E-state index in [-0.39, 0.29) is 5.69 Å². The van der Waals surface area contributed by atoms with Crippen LogP contribution in [0.25, 0.3) is 5.69 Å². The van der Waals surface area contributed by atoms with Crippen LogP contribution in [0.5, 0.6) is 0 Å². The second-order valence-corrected chi connectivity index (χ2v) is 5.25. The number of imidazole rings is 1. The van der Waals surface area contributed by atoms with Crippen LogP contribution in [0.15, 0.2) is 36.8 Å². The van der Waals surface area contributed by atoms with Gasteiger partial charge in [0.25, 0.3) is 0 Å². The van der Waals surface area contributed by atoms with Gasteiger partial charge in [0.2, 0.25) is 5.82 Å². The zero-order chi connectivity index (χ0) is 19.7. The van der Waals surface area contributed by atoms with Gasteiger partial charge in [-0.1, -0.05) is 0 Å². The van der Waals surface area contributed by atoms with Crippen molar-refractivity contribution in [2.45, 2.75) is 6.61 Å². The molecule has 0 aliphatic rings. The topological polar surface area (TPSA) is 44.1 Å². The number of carbonyl (C=O) groups excluding carboxylic acids is 1. The molecular weight excluding hydrogens is 378 g/mol. The Balaban J connectivity index is 1.85. The Morgan fingerprint density at radius 3 is 2.04 bits per heavy atom. The lowest BCUT2D eigenvalue weighted by Crippen LogP contribution is -2.14. The Morgan fingerprint density at radius 2 is 1.44 bits per heavy atom. The van der Waals surface area contributed by atoms with Gasteiger partial charge in [0.05, 0.1) is 18.1 Å². The van der Waals surface area contributed by atoms with Crippen molar-refractivity contribution in [2.75, 3.05) is 0 Å². The van der Waals surface area contributed by atoms with E-state index in [1.165, 1.54) is 23.0 Å². The summed E-state index contributed by atoms with van der Waals surface area (Å²) in [4.78, 5) is 15.9. The highest BCUT2D eigenvalue weighted by Gasteiger charge is 2.27. The molecule has 0 radical (unpaired) electrons. The van der Waals surface area contributed by atoms with Crippen molar-refractivity contribution in [3.8, 4) is 5.69 Å². The summed E-state index contributed by atoms with van der Waals surface area (Å²) in [5.41, 5.74) is -1.16. The fourth-order valence-electron chi connectivity index (χ4n) is 2.24. The molecule has 0 N–H and O–H groups in total. The van der Waals surface area contributed by atoms with Gasteiger partial charge in [-0.25, -0.2) is 36.1 Å². The highest BCUT2D eigenvalue weighted by molar-refractivity contribution is 5.88. The van der Waals surface area contributed by atoms with Gasteiger partial charge in [-0.15, -0.1) is 0 Å². The Morgan fingerprint density at radius 1 is 0.889 bits per heavy atom. The first-order chi connectivity index (χ1) is 12.8. The summed E-state index contributed by atoms with van der Waals surface area (Å²) in [5.74, 6) is -12.4. The molecule has 3 aromatic rings. The Kier molecular flexibility index (Phi) is 4.89. The summed E-state index contributed by atoms with van der Waals surface area (Å²) >= 11 is 0. The standard InChI is InChI=1S/C17H8F6N2O2/c18-8-1-3-9(4-2-8)25-7-24-5-11(25)17(26)27-6-10-12(19)14(21)16(23)15(22)13(10)20/h1-5,7H,6H2. The second kappa shape index (κ2) is 7.14. The van der Waals surface area contributed by atoms with Gasteiger partial charge in [0.1, 0.15) is 12.4 Å². The number of hydrogen-bond acceptors (Lipinski definition) is 3. The SMILES string of the molecule is O=C(OCc1c(F)c(F)c(F)c(F)c1F)c1cncn1-c1ccc(F)cc1. The fraction of sp³-hybridized carbons (Fsp3) is 0.0588. The van der Waals surface area contributed by atoms with Crippen LogP contribution in [-0.2, 0) is 11.3 Å². The van der Waals surface area contributed by atoms with Gasteiger partial charge in [-0.2, -0.15) is 0 Å². The normalized spacial score (nSPS) is 10.9. The predicted molar refractivity (Wildman–Crippen MR) is 78.9 cm³/mol. The van der Waals surface area contributed by atoms with Crippen molar-refractivity contribution in [2.24, 2.45) is 0 Å². The minimum absolute atomic E-state index is 0.203. The molecule has 2 aromatic carbocycles. The maximum Gasteiger partial charge on any atom is 0.357 e. The average Bonchev–Trinajstić information content (AvgIpc) is 3.15. The number of nitrogens with zero attached hydrogens (tertiary/aromatic N) is 2. The van der Waals surface area contributed by atoms with Crippen LogP contribution in [0.2, 0.25) is 0 Å². The van der Waals surface area contributed by atoms with E-state index < -0.39 is 53.0 Å². The first-order valence-electron chi connectivity index (χ1n) is 7.27. The van der Waals surface area contributed by atoms with E-state index in [1.807, 2.05) is 0 Å². The first kappa shape index (κ1) is 18.5. The number of esters is 1. The van der Waals surface area contributed by atoms with Gasteiger partial charge < -0.3 is 4.74 Å². The van der Waals surface area contributed by atoms with Gasteiger partial charge in [-0.05, 0) is 24.3 Å². The Bertz CT molecular complexity index is 988. The van der Waals surface area contributed by atoms with Crippen molar-refractivity contribution in [3.63, 3.8) is 0 Å². The van der Waals surface area contributed by atoms with E-state index in [0.29, 0.717) is 5.69 Å². The molecule has 0 atom stereocenters. The van der Waals surface area contributed by atoms with Gasteiger partial charge >= 0.3 is 5.97 Å². The lowest BCUT2D eigenvalue weighted by molar-refractivity contribution is 0.0452. The lowest BCUT2D eigenvalue weighted by atomic mass is 10.2. The maximum absolute atomic E-state index is 13.6. The minimum Gasteiger partial charge on any atom is -0.456 e. The highest BCUT2D eigenvalue weighted by atomic mass is 19.2. The molecule has 27 heavy (non-hydrogen) atoms. The predicted octanol–water partition coefficient (Wildman–Crippen LogP) is 4.06. The van der Waals surface area contributed by atoms with E-state index in [9.17, 15) is 31.1 Å². The second-order valence-electron chi connectivity index (χ2n) is 5.25. The van der Waals surface area contributed by atoms with Crippen molar-refractivity contribution in [3.05, 3.63) is 83.0 Å². The number of benzene rings is 2. The van der Waals surface area contributed by atoms with Crippen molar-refractivity contribution >= 4 is 5.97 Å². The third kappa shape index (κ3) is 3.37. The van der Waals surface area contributed by atoms with Crippen LogP contribution >= 0.6 is 0 Å². The summed E-state index contributed by atoms with van der Waals surface area (Å²) in [6, 6.07) is 4.91. The van der Waals surface area contributed by atoms with E-state index >= 15 is 0 Å². The third-order valence-corrected chi connectivity index (χ3v) is 3.60. The number of carbonyl (C=O) groups is 1. The summed E-state index contributed by atoms with van der Waals surface area (Å²) < 4.78 is 85.4. The van der Waals surface area contributed by atoms with Gasteiger partial charge in [0, 0.05) is 5.69 Å². The summed E-state index contributed by atoms with van der Waals surface area (Å²) in [6.45, 7) is -1.20. The fourth-order valence-corrected chi connectivity index (χ4v) is 2.24. The van der Waals surface area contributed by atoms with Crippen LogP contribution in [0.1, 0.15) is 16.1 Å². The van der Waals surface area contributed by atoms with E-state index in [2.05, 4.69) is 9.72 Å². The van der Waals surface area contributed by atoms with E-state index in [0.717, 1.165) is 18.3 Å². The van der Waals surface area contributed by atoms with Crippen LogP contribution in [-0.4, -0.2) is 15.5 Å². The quantitative estimate of drug-likeness (QED) is 0.294. The molecule has 1 heterocycles. The average molecular weight is 386 g/mol. The molecule has 0 bridgehead atoms. The van der Waals surface area contributed by atoms with Crippen molar-refractivity contribution in [1.82, 2.24) is 9.55 Å². The number of ether oxygens (including phenoxy) is 1. The zero-order valence-electron chi connectivity index (χ0n) is 13.1. The monoisotopic (exact) mass is 386 g/mol. The molecule has 1 aromatic heterocycles. The Hall–Kier alpha value is -3.30. The molecule has 0 saturated heterocycles. The Labute approximate surface area is 147 Å². The molecule has 0 spiro atoms. The van der Waals surface area contributed by atoms with E-state index in [1.54, 1.807) is 0 Å². The van der Waals surface area contributed by atoms with Gasteiger partial charge in [0.15, 0.2) is 29.0 Å². The zero-order valence-corrected chi connectivity index (χ0v) is 13.1. The minimum atomic E-state index is -2.31. The summed E-state index contributed by atoms with van der Waals surface area (Å²) in [7, 11) is 0. The van der Waals surface area contributed by atoms with Crippen LogP contribution in [0, 0.1) is 34.9 Å².